The first-order chi connectivity index (χ1) is 9.63. The Balaban J connectivity index is 0.00000161. The zero-order valence-electron chi connectivity index (χ0n) is 13.5. The molecule has 3 fully saturated rings. The number of nitrogens with zero attached hydrogens (tertiary/aromatic N) is 1. The molecule has 1 N–H and O–H groups in total. The van der Waals surface area contributed by atoms with Crippen LogP contribution in [0.25, 0.3) is 0 Å². The molecule has 3 aliphatic rings. The summed E-state index contributed by atoms with van der Waals surface area (Å²) in [6.07, 6.45) is 11.5. The fraction of sp³-hybridized carbons (Fsp3) is 0.941. The van der Waals surface area contributed by atoms with Crippen LogP contribution in [0.5, 0.6) is 0 Å². The minimum Gasteiger partial charge on any atom is -0.342 e. The number of rotatable bonds is 4. The van der Waals surface area contributed by atoms with Gasteiger partial charge in [-0.1, -0.05) is 32.6 Å². The standard InChI is InChI=1S/C17H30N2O.ClH/c1-12(9-13-5-3-4-6-13)17(20)19(2)16-10-14-7-8-15(11-16)18-14;/h12-16,18H,3-11H2,1-2H3;1H. The van der Waals surface area contributed by atoms with Crippen LogP contribution in [0.4, 0.5) is 0 Å². The highest BCUT2D eigenvalue weighted by Gasteiger charge is 2.37. The number of amides is 1. The minimum absolute atomic E-state index is 0. The first kappa shape index (κ1) is 17.1. The van der Waals surface area contributed by atoms with Gasteiger partial charge in [0.05, 0.1) is 0 Å². The maximum absolute atomic E-state index is 12.7. The fourth-order valence-electron chi connectivity index (χ4n) is 4.72. The SMILES string of the molecule is CC(CC1CCCC1)C(=O)N(C)C1CC2CCC(C1)N2.Cl. The van der Waals surface area contributed by atoms with Gasteiger partial charge in [-0.25, -0.2) is 0 Å². The molecule has 1 saturated carbocycles. The molecule has 2 heterocycles. The lowest BCUT2D eigenvalue weighted by Crippen LogP contribution is -2.49. The molecule has 0 radical (unpaired) electrons. The number of halogens is 1. The molecule has 2 aliphatic heterocycles. The molecule has 1 aliphatic carbocycles. The van der Waals surface area contributed by atoms with Crippen LogP contribution in [0.2, 0.25) is 0 Å². The minimum atomic E-state index is 0. The topological polar surface area (TPSA) is 32.3 Å². The molecule has 0 aromatic rings. The van der Waals surface area contributed by atoms with Crippen molar-refractivity contribution in [2.75, 3.05) is 7.05 Å². The van der Waals surface area contributed by atoms with Gasteiger partial charge in [-0.15, -0.1) is 12.4 Å². The van der Waals surface area contributed by atoms with Gasteiger partial charge >= 0.3 is 0 Å². The first-order valence-electron chi connectivity index (χ1n) is 8.66. The molecule has 2 bridgehead atoms. The van der Waals surface area contributed by atoms with E-state index < -0.39 is 0 Å². The molecule has 4 heteroatoms. The van der Waals surface area contributed by atoms with Crippen molar-refractivity contribution in [3.05, 3.63) is 0 Å². The number of piperidine rings is 1. The first-order valence-corrected chi connectivity index (χ1v) is 8.66. The molecule has 0 spiro atoms. The second-order valence-corrected chi connectivity index (χ2v) is 7.50. The molecule has 3 nitrogen and oxygen atoms in total. The Morgan fingerprint density at radius 1 is 1.14 bits per heavy atom. The van der Waals surface area contributed by atoms with Crippen LogP contribution in [0.3, 0.4) is 0 Å². The van der Waals surface area contributed by atoms with Crippen molar-refractivity contribution in [2.24, 2.45) is 11.8 Å². The van der Waals surface area contributed by atoms with E-state index in [2.05, 4.69) is 17.1 Å². The predicted octanol–water partition coefficient (Wildman–Crippen LogP) is 3.37. The molecular formula is C17H31ClN2O. The second-order valence-electron chi connectivity index (χ2n) is 7.50. The average Bonchev–Trinajstić information content (AvgIpc) is 3.06. The highest BCUT2D eigenvalue weighted by atomic mass is 35.5. The van der Waals surface area contributed by atoms with E-state index in [4.69, 9.17) is 0 Å². The Morgan fingerprint density at radius 3 is 2.29 bits per heavy atom. The van der Waals surface area contributed by atoms with Crippen molar-refractivity contribution < 1.29 is 4.79 Å². The zero-order chi connectivity index (χ0) is 14.1. The number of carbonyl (C=O) groups excluding carboxylic acids is 1. The summed E-state index contributed by atoms with van der Waals surface area (Å²) in [5.41, 5.74) is 0. The van der Waals surface area contributed by atoms with E-state index in [1.807, 2.05) is 7.05 Å². The quantitative estimate of drug-likeness (QED) is 0.863. The molecule has 2 saturated heterocycles. The molecule has 3 rings (SSSR count). The Morgan fingerprint density at radius 2 is 1.71 bits per heavy atom. The lowest BCUT2D eigenvalue weighted by atomic mass is 9.92. The molecule has 0 aromatic carbocycles. The van der Waals surface area contributed by atoms with Gasteiger partial charge in [0, 0.05) is 31.1 Å². The van der Waals surface area contributed by atoms with Crippen LogP contribution < -0.4 is 5.32 Å². The van der Waals surface area contributed by atoms with E-state index in [1.165, 1.54) is 38.5 Å². The third-order valence-corrected chi connectivity index (χ3v) is 5.93. The Bertz CT molecular complexity index is 345. The van der Waals surface area contributed by atoms with Crippen LogP contribution in [0.15, 0.2) is 0 Å². The molecule has 3 atom stereocenters. The Labute approximate surface area is 135 Å². The number of nitrogens with one attached hydrogen (secondary N) is 1. The lowest BCUT2D eigenvalue weighted by molar-refractivity contribution is -0.137. The monoisotopic (exact) mass is 314 g/mol. The van der Waals surface area contributed by atoms with Gasteiger partial charge in [0.15, 0.2) is 0 Å². The van der Waals surface area contributed by atoms with Gasteiger partial charge in [0.25, 0.3) is 0 Å². The highest BCUT2D eigenvalue weighted by molar-refractivity contribution is 5.85. The van der Waals surface area contributed by atoms with Crippen LogP contribution in [-0.2, 0) is 4.79 Å². The van der Waals surface area contributed by atoms with Crippen LogP contribution in [0, 0.1) is 11.8 Å². The van der Waals surface area contributed by atoms with Crippen LogP contribution in [0.1, 0.15) is 64.7 Å². The lowest BCUT2D eigenvalue weighted by Gasteiger charge is -2.37. The summed E-state index contributed by atoms with van der Waals surface area (Å²) in [7, 11) is 2.04. The number of hydrogen-bond acceptors (Lipinski definition) is 2. The van der Waals surface area contributed by atoms with Crippen molar-refractivity contribution in [3.8, 4) is 0 Å². The summed E-state index contributed by atoms with van der Waals surface area (Å²) < 4.78 is 0. The molecule has 122 valence electrons. The number of fused-ring (bicyclic) bond motifs is 2. The van der Waals surface area contributed by atoms with E-state index >= 15 is 0 Å². The summed E-state index contributed by atoms with van der Waals surface area (Å²) in [6.45, 7) is 2.15. The van der Waals surface area contributed by atoms with Crippen LogP contribution >= 0.6 is 12.4 Å². The smallest absolute Gasteiger partial charge is 0.225 e. The van der Waals surface area contributed by atoms with Crippen molar-refractivity contribution in [3.63, 3.8) is 0 Å². The van der Waals surface area contributed by atoms with Crippen molar-refractivity contribution in [1.29, 1.82) is 0 Å². The van der Waals surface area contributed by atoms with Gasteiger partial charge in [0.2, 0.25) is 5.91 Å². The molecule has 21 heavy (non-hydrogen) atoms. The Kier molecular flexibility index (Phi) is 5.96. The maximum atomic E-state index is 12.7. The maximum Gasteiger partial charge on any atom is 0.225 e. The number of hydrogen-bond donors (Lipinski definition) is 1. The predicted molar refractivity (Wildman–Crippen MR) is 88.7 cm³/mol. The van der Waals surface area contributed by atoms with Crippen molar-refractivity contribution >= 4 is 18.3 Å². The molecule has 1 amide bonds. The molecular weight excluding hydrogens is 284 g/mol. The normalized spacial score (nSPS) is 33.5. The fourth-order valence-corrected chi connectivity index (χ4v) is 4.72. The van der Waals surface area contributed by atoms with Gasteiger partial charge in [-0.2, -0.15) is 0 Å². The summed E-state index contributed by atoms with van der Waals surface area (Å²) >= 11 is 0. The number of carbonyl (C=O) groups is 1. The van der Waals surface area contributed by atoms with Crippen molar-refractivity contribution in [1.82, 2.24) is 10.2 Å². The third kappa shape index (κ3) is 3.92. The molecule has 0 aromatic heterocycles. The second kappa shape index (κ2) is 7.32. The van der Waals surface area contributed by atoms with E-state index in [9.17, 15) is 4.79 Å². The third-order valence-electron chi connectivity index (χ3n) is 5.93. The highest BCUT2D eigenvalue weighted by Crippen LogP contribution is 2.33. The summed E-state index contributed by atoms with van der Waals surface area (Å²) in [4.78, 5) is 14.8. The Hall–Kier alpha value is -0.280. The van der Waals surface area contributed by atoms with E-state index in [0.717, 1.165) is 25.2 Å². The summed E-state index contributed by atoms with van der Waals surface area (Å²) in [5, 5.41) is 3.66. The van der Waals surface area contributed by atoms with E-state index in [-0.39, 0.29) is 18.3 Å². The summed E-state index contributed by atoms with van der Waals surface area (Å²) in [5.74, 6) is 1.42. The largest absolute Gasteiger partial charge is 0.342 e. The summed E-state index contributed by atoms with van der Waals surface area (Å²) in [6, 6.07) is 1.81. The van der Waals surface area contributed by atoms with Crippen LogP contribution in [-0.4, -0.2) is 36.0 Å². The average molecular weight is 315 g/mol. The van der Waals surface area contributed by atoms with Crippen molar-refractivity contribution in [2.45, 2.75) is 82.8 Å². The van der Waals surface area contributed by atoms with E-state index in [0.29, 0.717) is 24.0 Å². The zero-order valence-corrected chi connectivity index (χ0v) is 14.3. The van der Waals surface area contributed by atoms with E-state index in [1.54, 1.807) is 0 Å². The molecule has 3 unspecified atom stereocenters. The van der Waals surface area contributed by atoms with Gasteiger partial charge in [-0.05, 0) is 38.0 Å². The van der Waals surface area contributed by atoms with Gasteiger partial charge in [0.1, 0.15) is 0 Å². The van der Waals surface area contributed by atoms with Gasteiger partial charge < -0.3 is 10.2 Å². The van der Waals surface area contributed by atoms with Gasteiger partial charge in [-0.3, -0.25) is 4.79 Å².